The highest BCUT2D eigenvalue weighted by Crippen LogP contribution is 2.56. The lowest BCUT2D eigenvalue weighted by Crippen LogP contribution is -2.22. The summed E-state index contributed by atoms with van der Waals surface area (Å²) in [6.45, 7) is 7.05. The van der Waals surface area contributed by atoms with Crippen molar-refractivity contribution in [3.05, 3.63) is 203 Å². The number of nitrogens with zero attached hydrogens (tertiary/aromatic N) is 2. The van der Waals surface area contributed by atoms with Crippen LogP contribution in [-0.4, -0.2) is 0 Å². The van der Waals surface area contributed by atoms with Crippen molar-refractivity contribution >= 4 is 34.1 Å². The fourth-order valence-electron chi connectivity index (χ4n) is 9.93. The van der Waals surface area contributed by atoms with E-state index in [0.29, 0.717) is 0 Å². The molecule has 0 radical (unpaired) electrons. The van der Waals surface area contributed by atoms with Gasteiger partial charge in [0.25, 0.3) is 0 Å². The Labute approximate surface area is 314 Å². The molecular formula is C51H44N2. The van der Waals surface area contributed by atoms with Crippen molar-refractivity contribution in [2.75, 3.05) is 9.80 Å². The van der Waals surface area contributed by atoms with Crippen molar-refractivity contribution in [3.63, 3.8) is 0 Å². The average molecular weight is 685 g/mol. The van der Waals surface area contributed by atoms with E-state index < -0.39 is 0 Å². The summed E-state index contributed by atoms with van der Waals surface area (Å²) in [4.78, 5) is 4.92. The minimum absolute atomic E-state index is 0.00525. The summed E-state index contributed by atoms with van der Waals surface area (Å²) in [6.07, 6.45) is 4.51. The van der Waals surface area contributed by atoms with Gasteiger partial charge in [0, 0.05) is 45.0 Å². The Kier molecular flexibility index (Phi) is 7.27. The number of fused-ring (bicyclic) bond motifs is 7. The van der Waals surface area contributed by atoms with Gasteiger partial charge in [-0.1, -0.05) is 105 Å². The molecule has 258 valence electrons. The summed E-state index contributed by atoms with van der Waals surface area (Å²) in [5.74, 6) is 0. The second-order valence-electron chi connectivity index (χ2n) is 15.8. The van der Waals surface area contributed by atoms with Crippen LogP contribution in [0.4, 0.5) is 34.1 Å². The molecule has 0 aromatic heterocycles. The third kappa shape index (κ3) is 4.92. The maximum atomic E-state index is 2.55. The first-order chi connectivity index (χ1) is 25.9. The minimum Gasteiger partial charge on any atom is -0.310 e. The molecule has 0 amide bonds. The minimum atomic E-state index is -0.0720. The van der Waals surface area contributed by atoms with Gasteiger partial charge in [-0.3, -0.25) is 0 Å². The number of aryl methyl sites for hydroxylation is 3. The van der Waals surface area contributed by atoms with Gasteiger partial charge in [0.2, 0.25) is 0 Å². The van der Waals surface area contributed by atoms with E-state index in [4.69, 9.17) is 0 Å². The van der Waals surface area contributed by atoms with Crippen LogP contribution in [0, 0.1) is 6.92 Å². The quantitative estimate of drug-likeness (QED) is 0.172. The molecule has 0 aliphatic heterocycles. The molecule has 1 spiro atoms. The van der Waals surface area contributed by atoms with E-state index >= 15 is 0 Å². The molecule has 2 heteroatoms. The second kappa shape index (κ2) is 12.1. The lowest BCUT2D eigenvalue weighted by Gasteiger charge is -2.32. The first-order valence-electron chi connectivity index (χ1n) is 19.2. The van der Waals surface area contributed by atoms with Crippen LogP contribution in [0.3, 0.4) is 0 Å². The van der Waals surface area contributed by atoms with Crippen molar-refractivity contribution in [1.29, 1.82) is 0 Å². The van der Waals surface area contributed by atoms with Crippen molar-refractivity contribution in [1.82, 2.24) is 0 Å². The van der Waals surface area contributed by atoms with Gasteiger partial charge in [-0.2, -0.15) is 0 Å². The molecule has 0 saturated carbocycles. The van der Waals surface area contributed by atoms with Crippen molar-refractivity contribution in [3.8, 4) is 11.1 Å². The molecule has 2 nitrogen and oxygen atoms in total. The molecule has 7 aromatic carbocycles. The highest BCUT2D eigenvalue weighted by Gasteiger charge is 2.45. The fourth-order valence-corrected chi connectivity index (χ4v) is 9.93. The van der Waals surface area contributed by atoms with E-state index in [1.54, 1.807) is 0 Å². The zero-order chi connectivity index (χ0) is 35.7. The van der Waals surface area contributed by atoms with Crippen LogP contribution in [0.2, 0.25) is 0 Å². The highest BCUT2D eigenvalue weighted by molar-refractivity contribution is 5.87. The summed E-state index contributed by atoms with van der Waals surface area (Å²) in [5, 5.41) is 0. The van der Waals surface area contributed by atoms with Crippen molar-refractivity contribution in [2.45, 2.75) is 57.3 Å². The molecule has 0 saturated heterocycles. The van der Waals surface area contributed by atoms with Crippen LogP contribution in [-0.2, 0) is 23.7 Å². The summed E-state index contributed by atoms with van der Waals surface area (Å²) < 4.78 is 0. The van der Waals surface area contributed by atoms with Gasteiger partial charge in [0.1, 0.15) is 0 Å². The molecule has 10 rings (SSSR count). The first-order valence-corrected chi connectivity index (χ1v) is 19.2. The van der Waals surface area contributed by atoms with Gasteiger partial charge in [0.05, 0.1) is 0 Å². The zero-order valence-electron chi connectivity index (χ0n) is 30.8. The zero-order valence-corrected chi connectivity index (χ0v) is 30.8. The van der Waals surface area contributed by atoms with Crippen LogP contribution in [0.15, 0.2) is 164 Å². The van der Waals surface area contributed by atoms with Crippen LogP contribution >= 0.6 is 0 Å². The van der Waals surface area contributed by atoms with Gasteiger partial charge in [-0.15, -0.1) is 0 Å². The van der Waals surface area contributed by atoms with Gasteiger partial charge < -0.3 is 9.80 Å². The normalized spacial score (nSPS) is 17.3. The number of rotatable bonds is 6. The second-order valence-corrected chi connectivity index (χ2v) is 15.8. The summed E-state index contributed by atoms with van der Waals surface area (Å²) in [6, 6.07) is 61.0. The molecule has 1 atom stereocenters. The first kappa shape index (κ1) is 31.8. The van der Waals surface area contributed by atoms with Crippen LogP contribution < -0.4 is 9.80 Å². The number of hydrogen-bond donors (Lipinski definition) is 0. The maximum absolute atomic E-state index is 2.55. The molecule has 0 heterocycles. The third-order valence-electron chi connectivity index (χ3n) is 12.6. The summed E-state index contributed by atoms with van der Waals surface area (Å²) in [7, 11) is 0. The Morgan fingerprint density at radius 3 is 1.47 bits per heavy atom. The van der Waals surface area contributed by atoms with Crippen LogP contribution in [0.5, 0.6) is 0 Å². The predicted molar refractivity (Wildman–Crippen MR) is 222 cm³/mol. The molecule has 3 aliphatic carbocycles. The van der Waals surface area contributed by atoms with Crippen LogP contribution in [0.25, 0.3) is 11.1 Å². The topological polar surface area (TPSA) is 6.48 Å². The Hall–Kier alpha value is -5.86. The third-order valence-corrected chi connectivity index (χ3v) is 12.6. The van der Waals surface area contributed by atoms with E-state index in [2.05, 4.69) is 194 Å². The van der Waals surface area contributed by atoms with Gasteiger partial charge in [-0.25, -0.2) is 0 Å². The Morgan fingerprint density at radius 1 is 0.415 bits per heavy atom. The number of anilines is 6. The van der Waals surface area contributed by atoms with Crippen LogP contribution in [0.1, 0.15) is 65.6 Å². The lowest BCUT2D eigenvalue weighted by molar-refractivity contribution is 0.507. The van der Waals surface area contributed by atoms with E-state index in [1.807, 2.05) is 0 Å². The van der Waals surface area contributed by atoms with Gasteiger partial charge >= 0.3 is 0 Å². The highest BCUT2D eigenvalue weighted by atomic mass is 15.1. The molecule has 3 aliphatic rings. The summed E-state index contributed by atoms with van der Waals surface area (Å²) in [5.41, 5.74) is 20.0. The fraction of sp³-hybridized carbons (Fsp3) is 0.176. The van der Waals surface area contributed by atoms with Crippen molar-refractivity contribution in [2.24, 2.45) is 0 Å². The van der Waals surface area contributed by atoms with E-state index in [-0.39, 0.29) is 10.8 Å². The number of hydrogen-bond acceptors (Lipinski definition) is 2. The number of benzene rings is 7. The van der Waals surface area contributed by atoms with E-state index in [9.17, 15) is 0 Å². The van der Waals surface area contributed by atoms with E-state index in [1.165, 1.54) is 84.2 Å². The summed E-state index contributed by atoms with van der Waals surface area (Å²) >= 11 is 0. The van der Waals surface area contributed by atoms with Gasteiger partial charge in [0.15, 0.2) is 0 Å². The van der Waals surface area contributed by atoms with E-state index in [0.717, 1.165) is 25.7 Å². The molecule has 0 unspecified atom stereocenters. The molecule has 0 fully saturated rings. The van der Waals surface area contributed by atoms with Crippen molar-refractivity contribution < 1.29 is 0 Å². The molecule has 7 aromatic rings. The monoisotopic (exact) mass is 684 g/mol. The van der Waals surface area contributed by atoms with Gasteiger partial charge in [-0.05, 0) is 155 Å². The lowest BCUT2D eigenvalue weighted by atomic mass is 9.76. The largest absolute Gasteiger partial charge is 0.310 e. The Bertz CT molecular complexity index is 2460. The smallest absolute Gasteiger partial charge is 0.0494 e. The Morgan fingerprint density at radius 2 is 0.906 bits per heavy atom. The molecule has 0 bridgehead atoms. The maximum Gasteiger partial charge on any atom is 0.0494 e. The average Bonchev–Trinajstić information content (AvgIpc) is 3.83. The number of para-hydroxylation sites is 3. The predicted octanol–water partition coefficient (Wildman–Crippen LogP) is 13.4. The molecule has 53 heavy (non-hydrogen) atoms. The SMILES string of the molecule is Cc1cc2c(cc1N(c1ccccc1)c1ccc3c(c1)[C@]1(CCc4ccc(N(c5ccccc5)c5ccccc5)cc41)CC3)C(C)(C)c1ccccc1-2. The standard InChI is InChI=1S/C51H44N2/c1-35-31-44-43-21-13-14-22-45(43)50(2,3)48(44)34-49(35)53(40-19-11-6-12-20-40)42-26-24-37-28-30-51(47(37)33-42)29-27-36-23-25-41(32-46(36)51)52(38-15-7-4-8-16-38)39-17-9-5-10-18-39/h4-26,31-34H,27-30H2,1-3H3/t51-/m1/s1. The molecule has 0 N–H and O–H groups in total. The molecular weight excluding hydrogens is 641 g/mol. The Balaban J connectivity index is 1.11.